The molecule has 2 aromatic heterocycles. The molecule has 6 heteroatoms. The maximum absolute atomic E-state index is 4.47. The molecule has 1 aromatic carbocycles. The fourth-order valence-electron chi connectivity index (χ4n) is 4.17. The highest BCUT2D eigenvalue weighted by atomic mass is 15.3. The lowest BCUT2D eigenvalue weighted by Crippen LogP contribution is -2.43. The van der Waals surface area contributed by atoms with Gasteiger partial charge in [-0.3, -0.25) is 4.68 Å². The van der Waals surface area contributed by atoms with Gasteiger partial charge in [-0.15, -0.1) is 0 Å². The standard InChI is InChI=1S/C20H24N6/c1-24-20-18(13-23-24)19(4-6-22-20)26-9-5-15-12-17(3-2-16(15)14-26)25-10-7-21-8-11-25/h2-4,6,12-13,21H,5,7-11,14H2,1H3. The summed E-state index contributed by atoms with van der Waals surface area (Å²) in [5.41, 5.74) is 6.48. The van der Waals surface area contributed by atoms with Gasteiger partial charge in [0.1, 0.15) is 0 Å². The smallest absolute Gasteiger partial charge is 0.159 e. The Morgan fingerprint density at radius 1 is 1.00 bits per heavy atom. The van der Waals surface area contributed by atoms with E-state index >= 15 is 0 Å². The van der Waals surface area contributed by atoms with E-state index in [-0.39, 0.29) is 0 Å². The van der Waals surface area contributed by atoms with Crippen LogP contribution in [0.2, 0.25) is 0 Å². The second-order valence-electron chi connectivity index (χ2n) is 7.20. The Balaban J connectivity index is 1.43. The molecule has 1 saturated heterocycles. The maximum Gasteiger partial charge on any atom is 0.159 e. The highest BCUT2D eigenvalue weighted by Crippen LogP contribution is 2.31. The van der Waals surface area contributed by atoms with Gasteiger partial charge in [-0.1, -0.05) is 6.07 Å². The van der Waals surface area contributed by atoms with Crippen LogP contribution in [0.1, 0.15) is 11.1 Å². The number of rotatable bonds is 2. The van der Waals surface area contributed by atoms with Crippen LogP contribution >= 0.6 is 0 Å². The number of anilines is 2. The third-order valence-electron chi connectivity index (χ3n) is 5.64. The van der Waals surface area contributed by atoms with Crippen LogP contribution in [-0.4, -0.2) is 47.5 Å². The van der Waals surface area contributed by atoms with Crippen LogP contribution in [-0.2, 0) is 20.0 Å². The fraction of sp³-hybridized carbons (Fsp3) is 0.400. The summed E-state index contributed by atoms with van der Waals surface area (Å²) in [4.78, 5) is 9.42. The van der Waals surface area contributed by atoms with Crippen molar-refractivity contribution in [3.8, 4) is 0 Å². The van der Waals surface area contributed by atoms with Gasteiger partial charge in [-0.2, -0.15) is 5.10 Å². The first-order valence-electron chi connectivity index (χ1n) is 9.39. The molecule has 6 nitrogen and oxygen atoms in total. The van der Waals surface area contributed by atoms with E-state index in [2.05, 4.69) is 49.5 Å². The maximum atomic E-state index is 4.47. The minimum atomic E-state index is 0.947. The molecule has 134 valence electrons. The first kappa shape index (κ1) is 15.6. The van der Waals surface area contributed by atoms with Gasteiger partial charge in [0.25, 0.3) is 0 Å². The molecule has 0 saturated carbocycles. The van der Waals surface area contributed by atoms with Gasteiger partial charge in [-0.25, -0.2) is 4.98 Å². The monoisotopic (exact) mass is 348 g/mol. The van der Waals surface area contributed by atoms with Gasteiger partial charge < -0.3 is 15.1 Å². The Kier molecular flexibility index (Phi) is 3.78. The fourth-order valence-corrected chi connectivity index (χ4v) is 4.17. The first-order chi connectivity index (χ1) is 12.8. The molecule has 4 heterocycles. The summed E-state index contributed by atoms with van der Waals surface area (Å²) >= 11 is 0. The summed E-state index contributed by atoms with van der Waals surface area (Å²) in [5.74, 6) is 0. The van der Waals surface area contributed by atoms with Crippen LogP contribution in [0, 0.1) is 0 Å². The minimum Gasteiger partial charge on any atom is -0.369 e. The number of hydrogen-bond donors (Lipinski definition) is 1. The van der Waals surface area contributed by atoms with Gasteiger partial charge in [0.2, 0.25) is 0 Å². The lowest BCUT2D eigenvalue weighted by atomic mass is 9.98. The highest BCUT2D eigenvalue weighted by molar-refractivity contribution is 5.89. The summed E-state index contributed by atoms with van der Waals surface area (Å²) in [6, 6.07) is 9.13. The number of nitrogens with zero attached hydrogens (tertiary/aromatic N) is 5. The lowest BCUT2D eigenvalue weighted by Gasteiger charge is -2.33. The molecule has 2 aliphatic rings. The molecule has 2 aliphatic heterocycles. The molecule has 3 aromatic rings. The lowest BCUT2D eigenvalue weighted by molar-refractivity contribution is 0.588. The molecule has 0 atom stereocenters. The van der Waals surface area contributed by atoms with Crippen molar-refractivity contribution < 1.29 is 0 Å². The van der Waals surface area contributed by atoms with Gasteiger partial charge in [0.15, 0.2) is 5.65 Å². The van der Waals surface area contributed by atoms with Crippen molar-refractivity contribution in [3.63, 3.8) is 0 Å². The van der Waals surface area contributed by atoms with Crippen LogP contribution in [0.4, 0.5) is 11.4 Å². The van der Waals surface area contributed by atoms with Crippen molar-refractivity contribution >= 4 is 22.4 Å². The molecule has 26 heavy (non-hydrogen) atoms. The number of aryl methyl sites for hydroxylation is 1. The Morgan fingerprint density at radius 3 is 2.77 bits per heavy atom. The van der Waals surface area contributed by atoms with Crippen LogP contribution < -0.4 is 15.1 Å². The van der Waals surface area contributed by atoms with E-state index in [4.69, 9.17) is 0 Å². The molecule has 0 aliphatic carbocycles. The van der Waals surface area contributed by atoms with Crippen molar-refractivity contribution in [3.05, 3.63) is 47.8 Å². The average Bonchev–Trinajstić information content (AvgIpc) is 3.09. The van der Waals surface area contributed by atoms with E-state index < -0.39 is 0 Å². The third kappa shape index (κ3) is 2.61. The van der Waals surface area contributed by atoms with Gasteiger partial charge in [0.05, 0.1) is 17.3 Å². The molecule has 5 rings (SSSR count). The summed E-state index contributed by atoms with van der Waals surface area (Å²) in [7, 11) is 1.95. The third-order valence-corrected chi connectivity index (χ3v) is 5.64. The topological polar surface area (TPSA) is 49.2 Å². The van der Waals surface area contributed by atoms with Crippen LogP contribution in [0.3, 0.4) is 0 Å². The van der Waals surface area contributed by atoms with E-state index in [0.29, 0.717) is 0 Å². The molecule has 1 N–H and O–H groups in total. The zero-order valence-electron chi connectivity index (χ0n) is 15.1. The van der Waals surface area contributed by atoms with E-state index in [0.717, 1.165) is 56.7 Å². The van der Waals surface area contributed by atoms with E-state index in [1.165, 1.54) is 22.5 Å². The molecular formula is C20H24N6. The van der Waals surface area contributed by atoms with Crippen molar-refractivity contribution in [1.29, 1.82) is 0 Å². The number of aromatic nitrogens is 3. The van der Waals surface area contributed by atoms with Crippen LogP contribution in [0.5, 0.6) is 0 Å². The molecule has 0 amide bonds. The molecule has 0 spiro atoms. The number of nitrogens with one attached hydrogen (secondary N) is 1. The highest BCUT2D eigenvalue weighted by Gasteiger charge is 2.21. The zero-order valence-corrected chi connectivity index (χ0v) is 15.1. The molecule has 0 unspecified atom stereocenters. The second kappa shape index (κ2) is 6.29. The number of pyridine rings is 1. The Bertz CT molecular complexity index is 941. The van der Waals surface area contributed by atoms with Gasteiger partial charge >= 0.3 is 0 Å². The van der Waals surface area contributed by atoms with Crippen LogP contribution in [0.15, 0.2) is 36.7 Å². The number of piperazine rings is 1. The summed E-state index contributed by atoms with van der Waals surface area (Å²) < 4.78 is 1.84. The molecular weight excluding hydrogens is 324 g/mol. The Hall–Kier alpha value is -2.60. The molecule has 0 radical (unpaired) electrons. The largest absolute Gasteiger partial charge is 0.369 e. The van der Waals surface area contributed by atoms with Gasteiger partial charge in [0, 0.05) is 58.2 Å². The van der Waals surface area contributed by atoms with E-state index in [9.17, 15) is 0 Å². The van der Waals surface area contributed by atoms with Gasteiger partial charge in [-0.05, 0) is 35.7 Å². The van der Waals surface area contributed by atoms with Crippen molar-refractivity contribution in [2.45, 2.75) is 13.0 Å². The SMILES string of the molecule is Cn1ncc2c(N3CCc4cc(N5CCNCC5)ccc4C3)ccnc21. The summed E-state index contributed by atoms with van der Waals surface area (Å²) in [6.07, 6.45) is 4.91. The zero-order chi connectivity index (χ0) is 17.5. The predicted octanol–water partition coefficient (Wildman–Crippen LogP) is 1.94. The normalized spacial score (nSPS) is 17.6. The quantitative estimate of drug-likeness (QED) is 0.767. The summed E-state index contributed by atoms with van der Waals surface area (Å²) in [6.45, 7) is 6.33. The predicted molar refractivity (Wildman–Crippen MR) is 105 cm³/mol. The Morgan fingerprint density at radius 2 is 1.88 bits per heavy atom. The van der Waals surface area contributed by atoms with Crippen molar-refractivity contribution in [2.24, 2.45) is 7.05 Å². The number of benzene rings is 1. The van der Waals surface area contributed by atoms with E-state index in [1.54, 1.807) is 0 Å². The van der Waals surface area contributed by atoms with E-state index in [1.807, 2.05) is 24.1 Å². The minimum absolute atomic E-state index is 0.947. The van der Waals surface area contributed by atoms with Crippen LogP contribution in [0.25, 0.3) is 11.0 Å². The summed E-state index contributed by atoms with van der Waals surface area (Å²) in [5, 5.41) is 8.94. The molecule has 1 fully saturated rings. The Labute approximate surface area is 153 Å². The number of fused-ring (bicyclic) bond motifs is 2. The van der Waals surface area contributed by atoms with Crippen molar-refractivity contribution in [1.82, 2.24) is 20.1 Å². The number of hydrogen-bond acceptors (Lipinski definition) is 5. The second-order valence-corrected chi connectivity index (χ2v) is 7.20. The molecule has 0 bridgehead atoms. The first-order valence-corrected chi connectivity index (χ1v) is 9.39. The average molecular weight is 348 g/mol. The van der Waals surface area contributed by atoms with Crippen molar-refractivity contribution in [2.75, 3.05) is 42.5 Å².